The second-order valence-corrected chi connectivity index (χ2v) is 5.58. The van der Waals surface area contributed by atoms with Gasteiger partial charge in [-0.05, 0) is 36.9 Å². The van der Waals surface area contributed by atoms with Gasteiger partial charge >= 0.3 is 0 Å². The highest BCUT2D eigenvalue weighted by molar-refractivity contribution is 7.99. The molecular formula is C13H17ClN4S. The van der Waals surface area contributed by atoms with Crippen LogP contribution in [0.2, 0.25) is 5.02 Å². The zero-order valence-corrected chi connectivity index (χ0v) is 12.8. The van der Waals surface area contributed by atoms with Crippen LogP contribution in [0.5, 0.6) is 0 Å². The molecule has 1 aromatic carbocycles. The summed E-state index contributed by atoms with van der Waals surface area (Å²) in [5.41, 5.74) is 1.18. The molecule has 1 aromatic heterocycles. The maximum Gasteiger partial charge on any atom is 0.195 e. The first kappa shape index (κ1) is 14.4. The fraction of sp³-hybridized carbons (Fsp3) is 0.385. The van der Waals surface area contributed by atoms with E-state index in [0.29, 0.717) is 0 Å². The number of benzene rings is 1. The number of hydrogen-bond donors (Lipinski definition) is 1. The number of nitrogens with zero attached hydrogens (tertiary/aromatic N) is 3. The molecule has 4 nitrogen and oxygen atoms in total. The average molecular weight is 297 g/mol. The fourth-order valence-electron chi connectivity index (χ4n) is 1.63. The summed E-state index contributed by atoms with van der Waals surface area (Å²) in [5.74, 6) is 0.891. The Kier molecular flexibility index (Phi) is 4.85. The summed E-state index contributed by atoms with van der Waals surface area (Å²) in [6, 6.07) is 5.96. The Morgan fingerprint density at radius 2 is 2.16 bits per heavy atom. The molecule has 0 spiro atoms. The molecule has 19 heavy (non-hydrogen) atoms. The zero-order valence-electron chi connectivity index (χ0n) is 11.3. The first-order valence-electron chi connectivity index (χ1n) is 6.15. The topological polar surface area (TPSA) is 42.7 Å². The van der Waals surface area contributed by atoms with Crippen LogP contribution in [0.1, 0.15) is 18.3 Å². The predicted octanol–water partition coefficient (Wildman–Crippen LogP) is 3.04. The standard InChI is InChI=1S/C13H17ClN4S/c1-4-15-8-10-6-5-7-11(14)12(10)19-13-17-16-9(2)18(13)3/h5-7,15H,4,8H2,1-3H3. The number of aromatic nitrogens is 3. The summed E-state index contributed by atoms with van der Waals surface area (Å²) in [7, 11) is 1.96. The van der Waals surface area contributed by atoms with Crippen molar-refractivity contribution in [2.75, 3.05) is 6.54 Å². The number of hydrogen-bond acceptors (Lipinski definition) is 4. The van der Waals surface area contributed by atoms with Crippen LogP contribution in [0, 0.1) is 6.92 Å². The van der Waals surface area contributed by atoms with E-state index >= 15 is 0 Å². The van der Waals surface area contributed by atoms with Gasteiger partial charge in [-0.25, -0.2) is 0 Å². The molecule has 0 atom stereocenters. The van der Waals surface area contributed by atoms with E-state index in [0.717, 1.165) is 34.0 Å². The summed E-state index contributed by atoms with van der Waals surface area (Å²) in [4.78, 5) is 1.04. The van der Waals surface area contributed by atoms with Gasteiger partial charge in [0.15, 0.2) is 5.16 Å². The second-order valence-electron chi connectivity index (χ2n) is 4.20. The summed E-state index contributed by atoms with van der Waals surface area (Å²) < 4.78 is 1.96. The molecule has 0 aliphatic rings. The molecular weight excluding hydrogens is 280 g/mol. The van der Waals surface area contributed by atoms with Crippen LogP contribution in [0.15, 0.2) is 28.3 Å². The lowest BCUT2D eigenvalue weighted by atomic mass is 10.2. The lowest BCUT2D eigenvalue weighted by molar-refractivity contribution is 0.717. The second kappa shape index (κ2) is 6.41. The summed E-state index contributed by atoms with van der Waals surface area (Å²) in [6.45, 7) is 5.75. The van der Waals surface area contributed by atoms with Gasteiger partial charge in [0, 0.05) is 18.5 Å². The van der Waals surface area contributed by atoms with Crippen LogP contribution in [-0.4, -0.2) is 21.3 Å². The summed E-state index contributed by atoms with van der Waals surface area (Å²) in [6.07, 6.45) is 0. The molecule has 0 fully saturated rings. The minimum atomic E-state index is 0.751. The fourth-order valence-corrected chi connectivity index (χ4v) is 2.91. The van der Waals surface area contributed by atoms with Crippen LogP contribution in [-0.2, 0) is 13.6 Å². The summed E-state index contributed by atoms with van der Waals surface area (Å²) in [5, 5.41) is 13.2. The van der Waals surface area contributed by atoms with Gasteiger partial charge in [0.25, 0.3) is 0 Å². The predicted molar refractivity (Wildman–Crippen MR) is 78.7 cm³/mol. The van der Waals surface area contributed by atoms with Gasteiger partial charge in [-0.3, -0.25) is 0 Å². The van der Waals surface area contributed by atoms with Crippen molar-refractivity contribution >= 4 is 23.4 Å². The average Bonchev–Trinajstić information content (AvgIpc) is 2.71. The van der Waals surface area contributed by atoms with Gasteiger partial charge in [-0.2, -0.15) is 0 Å². The number of halogens is 1. The van der Waals surface area contributed by atoms with E-state index in [-0.39, 0.29) is 0 Å². The van der Waals surface area contributed by atoms with Gasteiger partial charge in [0.1, 0.15) is 5.82 Å². The number of rotatable bonds is 5. The van der Waals surface area contributed by atoms with Gasteiger partial charge < -0.3 is 9.88 Å². The molecule has 1 N–H and O–H groups in total. The van der Waals surface area contributed by atoms with Crippen molar-refractivity contribution in [1.82, 2.24) is 20.1 Å². The molecule has 0 unspecified atom stereocenters. The third-order valence-corrected chi connectivity index (χ3v) is 4.51. The lowest BCUT2D eigenvalue weighted by Crippen LogP contribution is -2.12. The molecule has 0 saturated carbocycles. The van der Waals surface area contributed by atoms with Crippen molar-refractivity contribution in [2.24, 2.45) is 7.05 Å². The van der Waals surface area contributed by atoms with Crippen molar-refractivity contribution < 1.29 is 0 Å². The van der Waals surface area contributed by atoms with E-state index < -0.39 is 0 Å². The van der Waals surface area contributed by atoms with Crippen LogP contribution < -0.4 is 5.32 Å². The molecule has 2 aromatic rings. The number of nitrogens with one attached hydrogen (secondary N) is 1. The first-order chi connectivity index (χ1) is 9.13. The Labute approximate surface area is 122 Å². The molecule has 0 amide bonds. The largest absolute Gasteiger partial charge is 0.313 e. The van der Waals surface area contributed by atoms with E-state index in [9.17, 15) is 0 Å². The maximum atomic E-state index is 6.31. The lowest BCUT2D eigenvalue weighted by Gasteiger charge is -2.11. The summed E-state index contributed by atoms with van der Waals surface area (Å²) >= 11 is 7.87. The Bertz CT molecular complexity index is 568. The Morgan fingerprint density at radius 1 is 1.37 bits per heavy atom. The van der Waals surface area contributed by atoms with Crippen molar-refractivity contribution in [3.63, 3.8) is 0 Å². The maximum absolute atomic E-state index is 6.31. The van der Waals surface area contributed by atoms with Crippen molar-refractivity contribution in [2.45, 2.75) is 30.4 Å². The van der Waals surface area contributed by atoms with E-state index in [4.69, 9.17) is 11.6 Å². The first-order valence-corrected chi connectivity index (χ1v) is 7.35. The molecule has 102 valence electrons. The SMILES string of the molecule is CCNCc1cccc(Cl)c1Sc1nnc(C)n1C. The Morgan fingerprint density at radius 3 is 2.79 bits per heavy atom. The molecule has 0 aliphatic carbocycles. The van der Waals surface area contributed by atoms with Gasteiger partial charge in [0.2, 0.25) is 0 Å². The Hall–Kier alpha value is -1.04. The van der Waals surface area contributed by atoms with E-state index in [1.54, 1.807) is 11.8 Å². The van der Waals surface area contributed by atoms with Crippen LogP contribution in [0.3, 0.4) is 0 Å². The third-order valence-electron chi connectivity index (χ3n) is 2.86. The monoisotopic (exact) mass is 296 g/mol. The number of aryl methyl sites for hydroxylation is 1. The van der Waals surface area contributed by atoms with Crippen LogP contribution in [0.25, 0.3) is 0 Å². The van der Waals surface area contributed by atoms with Crippen molar-refractivity contribution in [3.05, 3.63) is 34.6 Å². The minimum absolute atomic E-state index is 0.751. The molecule has 1 heterocycles. The van der Waals surface area contributed by atoms with E-state index in [1.165, 1.54) is 5.56 Å². The highest BCUT2D eigenvalue weighted by atomic mass is 35.5. The quantitative estimate of drug-likeness (QED) is 0.921. The van der Waals surface area contributed by atoms with Gasteiger partial charge in [-0.15, -0.1) is 10.2 Å². The van der Waals surface area contributed by atoms with Crippen LogP contribution >= 0.6 is 23.4 Å². The van der Waals surface area contributed by atoms with Gasteiger partial charge in [-0.1, -0.05) is 30.7 Å². The zero-order chi connectivity index (χ0) is 13.8. The third kappa shape index (κ3) is 3.29. The molecule has 0 aliphatic heterocycles. The van der Waals surface area contributed by atoms with E-state index in [1.807, 2.05) is 30.7 Å². The van der Waals surface area contributed by atoms with Crippen LogP contribution in [0.4, 0.5) is 0 Å². The molecule has 0 bridgehead atoms. The van der Waals surface area contributed by atoms with Gasteiger partial charge in [0.05, 0.1) is 5.02 Å². The normalized spacial score (nSPS) is 10.9. The van der Waals surface area contributed by atoms with E-state index in [2.05, 4.69) is 28.5 Å². The van der Waals surface area contributed by atoms with Crippen molar-refractivity contribution in [1.29, 1.82) is 0 Å². The minimum Gasteiger partial charge on any atom is -0.313 e. The highest BCUT2D eigenvalue weighted by Crippen LogP contribution is 2.35. The molecule has 2 rings (SSSR count). The molecule has 0 saturated heterocycles. The van der Waals surface area contributed by atoms with Crippen molar-refractivity contribution in [3.8, 4) is 0 Å². The molecule has 0 radical (unpaired) electrons. The molecule has 6 heteroatoms. The Balaban J connectivity index is 2.30. The smallest absolute Gasteiger partial charge is 0.195 e. The highest BCUT2D eigenvalue weighted by Gasteiger charge is 2.13.